The molecule has 1 aromatic carbocycles. The highest BCUT2D eigenvalue weighted by Gasteiger charge is 2.23. The standard InChI is InChI=1S/C24H27N5O2.C10H14N4O2/c1-19-3-2-4-21(27-19)8-5-20-6-9-23(10-7-20)31-24(30)29-15-13-28(14-16-29)17-22-11-12-25-18-26-22;15-10(16)14-5-3-13(4-6-14)8-9-7-11-1-2-12-9/h2-4,6-7,9-12,18H,5,8,13-17H2,1H3;1-2,7H,3-6,8H2,(H,15,16). The zero-order valence-electron chi connectivity index (χ0n) is 26.7. The highest BCUT2D eigenvalue weighted by Crippen LogP contribution is 2.16. The van der Waals surface area contributed by atoms with E-state index in [-0.39, 0.29) is 6.09 Å². The fourth-order valence-corrected chi connectivity index (χ4v) is 5.37. The number of carbonyl (C=O) groups is 2. The number of amides is 2. The van der Waals surface area contributed by atoms with Gasteiger partial charge in [-0.2, -0.15) is 0 Å². The van der Waals surface area contributed by atoms with Gasteiger partial charge in [-0.25, -0.2) is 19.6 Å². The smallest absolute Gasteiger partial charge is 0.415 e. The molecule has 3 aromatic heterocycles. The number of carbonyl (C=O) groups excluding carboxylic acids is 1. The Balaban J connectivity index is 0.000000227. The van der Waals surface area contributed by atoms with Crippen molar-refractivity contribution in [3.63, 3.8) is 0 Å². The first-order valence-corrected chi connectivity index (χ1v) is 15.8. The number of piperazine rings is 2. The second-order valence-electron chi connectivity index (χ2n) is 11.5. The van der Waals surface area contributed by atoms with Crippen LogP contribution in [-0.4, -0.2) is 114 Å². The van der Waals surface area contributed by atoms with Gasteiger partial charge in [0.15, 0.2) is 0 Å². The molecule has 0 atom stereocenters. The molecule has 2 aliphatic rings. The zero-order valence-corrected chi connectivity index (χ0v) is 26.7. The summed E-state index contributed by atoms with van der Waals surface area (Å²) in [6.45, 7) is 9.03. The summed E-state index contributed by atoms with van der Waals surface area (Å²) in [7, 11) is 0. The lowest BCUT2D eigenvalue weighted by molar-refractivity contribution is 0.102. The maximum absolute atomic E-state index is 12.5. The number of rotatable bonds is 8. The van der Waals surface area contributed by atoms with E-state index >= 15 is 0 Å². The number of aryl methyl sites for hydroxylation is 3. The van der Waals surface area contributed by atoms with Crippen LogP contribution in [0, 0.1) is 6.92 Å². The molecule has 0 spiro atoms. The van der Waals surface area contributed by atoms with Crippen molar-refractivity contribution >= 4 is 12.2 Å². The number of aromatic nitrogens is 5. The minimum atomic E-state index is -0.834. The molecule has 1 N–H and O–H groups in total. The van der Waals surface area contributed by atoms with Crippen LogP contribution in [0.5, 0.6) is 5.75 Å². The predicted molar refractivity (Wildman–Crippen MR) is 175 cm³/mol. The summed E-state index contributed by atoms with van der Waals surface area (Å²) in [5, 5.41) is 8.80. The van der Waals surface area contributed by atoms with E-state index in [4.69, 9.17) is 9.84 Å². The third kappa shape index (κ3) is 10.8. The average molecular weight is 640 g/mol. The molecular weight excluding hydrogens is 598 g/mol. The Bertz CT molecular complexity index is 1550. The van der Waals surface area contributed by atoms with Crippen molar-refractivity contribution in [1.82, 2.24) is 44.5 Å². The number of hydrogen-bond donors (Lipinski definition) is 1. The van der Waals surface area contributed by atoms with E-state index < -0.39 is 6.09 Å². The minimum absolute atomic E-state index is 0.293. The van der Waals surface area contributed by atoms with Crippen LogP contribution in [0.4, 0.5) is 9.59 Å². The molecule has 0 radical (unpaired) electrons. The van der Waals surface area contributed by atoms with Gasteiger partial charge in [0.05, 0.1) is 11.4 Å². The summed E-state index contributed by atoms with van der Waals surface area (Å²) in [6, 6.07) is 15.8. The summed E-state index contributed by atoms with van der Waals surface area (Å²) >= 11 is 0. The third-order valence-electron chi connectivity index (χ3n) is 8.05. The van der Waals surface area contributed by atoms with Gasteiger partial charge in [-0.1, -0.05) is 18.2 Å². The molecule has 13 nitrogen and oxygen atoms in total. The molecule has 6 rings (SSSR count). The highest BCUT2D eigenvalue weighted by molar-refractivity contribution is 5.70. The molecule has 246 valence electrons. The van der Waals surface area contributed by atoms with Crippen molar-refractivity contribution in [3.8, 4) is 5.75 Å². The number of ether oxygens (including phenoxy) is 1. The van der Waals surface area contributed by atoms with Gasteiger partial charge < -0.3 is 19.6 Å². The molecule has 0 saturated carbocycles. The molecule has 0 aliphatic carbocycles. The maximum atomic E-state index is 12.5. The Labute approximate surface area is 274 Å². The first kappa shape index (κ1) is 33.4. The molecule has 13 heteroatoms. The van der Waals surface area contributed by atoms with E-state index in [1.54, 1.807) is 36.0 Å². The van der Waals surface area contributed by atoms with E-state index in [1.165, 1.54) is 10.5 Å². The van der Waals surface area contributed by atoms with Gasteiger partial charge in [0.2, 0.25) is 0 Å². The lowest BCUT2D eigenvalue weighted by atomic mass is 10.1. The van der Waals surface area contributed by atoms with Gasteiger partial charge in [0.25, 0.3) is 0 Å². The lowest BCUT2D eigenvalue weighted by Gasteiger charge is -2.33. The number of nitrogens with zero attached hydrogens (tertiary/aromatic N) is 9. The van der Waals surface area contributed by atoms with Gasteiger partial charge in [-0.3, -0.25) is 24.8 Å². The van der Waals surface area contributed by atoms with E-state index in [0.717, 1.165) is 74.9 Å². The first-order valence-electron chi connectivity index (χ1n) is 15.8. The van der Waals surface area contributed by atoms with E-state index in [9.17, 15) is 9.59 Å². The van der Waals surface area contributed by atoms with E-state index in [0.29, 0.717) is 31.9 Å². The Morgan fingerprint density at radius 3 is 2.04 bits per heavy atom. The summed E-state index contributed by atoms with van der Waals surface area (Å²) in [4.78, 5) is 51.8. The molecular formula is C34H41N9O4. The van der Waals surface area contributed by atoms with Crippen molar-refractivity contribution in [3.05, 3.63) is 108 Å². The van der Waals surface area contributed by atoms with Crippen LogP contribution in [0.2, 0.25) is 0 Å². The van der Waals surface area contributed by atoms with Crippen LogP contribution in [-0.2, 0) is 25.9 Å². The normalized spacial score (nSPS) is 15.4. The molecule has 4 aromatic rings. The van der Waals surface area contributed by atoms with Gasteiger partial charge in [0.1, 0.15) is 12.1 Å². The van der Waals surface area contributed by atoms with Crippen LogP contribution < -0.4 is 4.74 Å². The molecule has 0 unspecified atom stereocenters. The first-order chi connectivity index (χ1) is 22.9. The SMILES string of the molecule is Cc1cccc(CCc2ccc(OC(=O)N3CCN(Cc4ccncn4)CC3)cc2)n1.O=C(O)N1CCN(Cc2cnccn2)CC1. The van der Waals surface area contributed by atoms with Crippen molar-refractivity contribution in [1.29, 1.82) is 0 Å². The highest BCUT2D eigenvalue weighted by atomic mass is 16.6. The van der Waals surface area contributed by atoms with Gasteiger partial charge in [-0.05, 0) is 55.7 Å². The van der Waals surface area contributed by atoms with Crippen molar-refractivity contribution < 1.29 is 19.4 Å². The molecule has 2 aliphatic heterocycles. The number of hydrogen-bond acceptors (Lipinski definition) is 10. The molecule has 2 fully saturated rings. The van der Waals surface area contributed by atoms with Gasteiger partial charge >= 0.3 is 12.2 Å². The topological polar surface area (TPSA) is 141 Å². The summed E-state index contributed by atoms with van der Waals surface area (Å²) in [6.07, 6.45) is 9.03. The minimum Gasteiger partial charge on any atom is -0.465 e. The van der Waals surface area contributed by atoms with E-state index in [2.05, 4.69) is 40.8 Å². The predicted octanol–water partition coefficient (Wildman–Crippen LogP) is 3.55. The Hall–Kier alpha value is -5.01. The number of pyridine rings is 1. The Morgan fingerprint density at radius 2 is 1.43 bits per heavy atom. The quantitative estimate of drug-likeness (QED) is 0.303. The van der Waals surface area contributed by atoms with Crippen LogP contribution in [0.25, 0.3) is 0 Å². The summed E-state index contributed by atoms with van der Waals surface area (Å²) in [5.74, 6) is 0.575. The van der Waals surface area contributed by atoms with Crippen LogP contribution in [0.3, 0.4) is 0 Å². The molecule has 2 saturated heterocycles. The number of carboxylic acid groups (broad SMARTS) is 1. The van der Waals surface area contributed by atoms with Crippen LogP contribution in [0.1, 0.15) is 28.3 Å². The third-order valence-corrected chi connectivity index (χ3v) is 8.05. The second kappa shape index (κ2) is 17.1. The Kier molecular flexibility index (Phi) is 12.1. The summed E-state index contributed by atoms with van der Waals surface area (Å²) < 4.78 is 5.58. The largest absolute Gasteiger partial charge is 0.465 e. The monoisotopic (exact) mass is 639 g/mol. The van der Waals surface area contributed by atoms with Crippen molar-refractivity contribution in [2.24, 2.45) is 0 Å². The maximum Gasteiger partial charge on any atom is 0.415 e. The molecule has 0 bridgehead atoms. The fourth-order valence-electron chi connectivity index (χ4n) is 5.37. The van der Waals surface area contributed by atoms with Gasteiger partial charge in [0, 0.05) is 102 Å². The van der Waals surface area contributed by atoms with Crippen LogP contribution >= 0.6 is 0 Å². The zero-order chi connectivity index (χ0) is 32.8. The van der Waals surface area contributed by atoms with Crippen molar-refractivity contribution in [2.75, 3.05) is 52.4 Å². The average Bonchev–Trinajstić information content (AvgIpc) is 3.10. The Morgan fingerprint density at radius 1 is 0.723 bits per heavy atom. The molecule has 47 heavy (non-hydrogen) atoms. The van der Waals surface area contributed by atoms with Gasteiger partial charge in [-0.15, -0.1) is 0 Å². The molecule has 2 amide bonds. The molecule has 5 heterocycles. The lowest BCUT2D eigenvalue weighted by Crippen LogP contribution is -2.49. The van der Waals surface area contributed by atoms with E-state index in [1.807, 2.05) is 49.4 Å². The second-order valence-corrected chi connectivity index (χ2v) is 11.5. The van der Waals surface area contributed by atoms with Crippen molar-refractivity contribution in [2.45, 2.75) is 32.9 Å². The number of benzene rings is 1. The van der Waals surface area contributed by atoms with Crippen LogP contribution in [0.15, 0.2) is 79.6 Å². The summed E-state index contributed by atoms with van der Waals surface area (Å²) in [5.41, 5.74) is 5.24. The fraction of sp³-hybridized carbons (Fsp3) is 0.382.